The van der Waals surface area contributed by atoms with E-state index < -0.39 is 6.04 Å². The fourth-order valence-corrected chi connectivity index (χ4v) is 2.02. The Morgan fingerprint density at radius 2 is 2.37 bits per heavy atom. The van der Waals surface area contributed by atoms with Gasteiger partial charge >= 0.3 is 0 Å². The van der Waals surface area contributed by atoms with E-state index in [-0.39, 0.29) is 11.9 Å². The van der Waals surface area contributed by atoms with Crippen molar-refractivity contribution < 1.29 is 4.79 Å². The SMILES string of the molecule is CCCNC(=O)C(C)n1c(N)nc2cc(Cl)cnc21. The number of nitrogens with one attached hydrogen (secondary N) is 1. The smallest absolute Gasteiger partial charge is 0.242 e. The molecule has 102 valence electrons. The molecule has 0 fully saturated rings. The number of amides is 1. The van der Waals surface area contributed by atoms with Crippen molar-refractivity contribution in [2.24, 2.45) is 0 Å². The molecule has 0 aromatic carbocycles. The summed E-state index contributed by atoms with van der Waals surface area (Å²) in [5, 5.41) is 3.31. The third kappa shape index (κ3) is 2.63. The third-order valence-corrected chi connectivity index (χ3v) is 3.05. The van der Waals surface area contributed by atoms with Crippen molar-refractivity contribution in [1.29, 1.82) is 0 Å². The molecule has 0 aliphatic rings. The molecular formula is C12H16ClN5O. The number of carbonyl (C=O) groups is 1. The van der Waals surface area contributed by atoms with Gasteiger partial charge < -0.3 is 11.1 Å². The Balaban J connectivity index is 2.38. The fraction of sp³-hybridized carbons (Fsp3) is 0.417. The van der Waals surface area contributed by atoms with Gasteiger partial charge in [-0.1, -0.05) is 18.5 Å². The van der Waals surface area contributed by atoms with Crippen LogP contribution in [0.15, 0.2) is 12.3 Å². The summed E-state index contributed by atoms with van der Waals surface area (Å²) in [7, 11) is 0. The van der Waals surface area contributed by atoms with Gasteiger partial charge in [-0.25, -0.2) is 9.97 Å². The number of imidazole rings is 1. The van der Waals surface area contributed by atoms with E-state index in [4.69, 9.17) is 17.3 Å². The highest BCUT2D eigenvalue weighted by molar-refractivity contribution is 6.31. The first-order valence-electron chi connectivity index (χ1n) is 6.11. The van der Waals surface area contributed by atoms with Crippen LogP contribution in [0.1, 0.15) is 26.3 Å². The lowest BCUT2D eigenvalue weighted by Gasteiger charge is -2.15. The van der Waals surface area contributed by atoms with Crippen LogP contribution in [-0.4, -0.2) is 27.0 Å². The minimum absolute atomic E-state index is 0.107. The van der Waals surface area contributed by atoms with Crippen LogP contribution >= 0.6 is 11.6 Å². The molecule has 0 aliphatic carbocycles. The van der Waals surface area contributed by atoms with Crippen LogP contribution in [0.5, 0.6) is 0 Å². The summed E-state index contributed by atoms with van der Waals surface area (Å²) < 4.78 is 1.61. The zero-order valence-corrected chi connectivity index (χ0v) is 11.6. The van der Waals surface area contributed by atoms with Gasteiger partial charge in [-0.2, -0.15) is 0 Å². The Morgan fingerprint density at radius 1 is 1.63 bits per heavy atom. The maximum Gasteiger partial charge on any atom is 0.242 e. The Hall–Kier alpha value is -1.82. The van der Waals surface area contributed by atoms with Crippen molar-refractivity contribution >= 4 is 34.6 Å². The molecule has 19 heavy (non-hydrogen) atoms. The first-order valence-corrected chi connectivity index (χ1v) is 6.49. The summed E-state index contributed by atoms with van der Waals surface area (Å²) in [6.07, 6.45) is 2.39. The molecule has 6 nitrogen and oxygen atoms in total. The van der Waals surface area contributed by atoms with E-state index in [0.29, 0.717) is 22.7 Å². The molecule has 7 heteroatoms. The monoisotopic (exact) mass is 281 g/mol. The van der Waals surface area contributed by atoms with Crippen molar-refractivity contribution in [2.45, 2.75) is 26.3 Å². The normalized spacial score (nSPS) is 12.6. The van der Waals surface area contributed by atoms with E-state index in [0.717, 1.165) is 6.42 Å². The molecule has 1 atom stereocenters. The van der Waals surface area contributed by atoms with Crippen LogP contribution in [-0.2, 0) is 4.79 Å². The van der Waals surface area contributed by atoms with Crippen molar-refractivity contribution in [3.63, 3.8) is 0 Å². The van der Waals surface area contributed by atoms with E-state index in [9.17, 15) is 4.79 Å². The van der Waals surface area contributed by atoms with Crippen molar-refractivity contribution in [3.8, 4) is 0 Å². The predicted octanol–water partition coefficient (Wildman–Crippen LogP) is 1.75. The van der Waals surface area contributed by atoms with Gasteiger partial charge in [0.1, 0.15) is 11.6 Å². The maximum atomic E-state index is 12.0. The number of halogens is 1. The molecule has 0 bridgehead atoms. The van der Waals surface area contributed by atoms with Gasteiger partial charge in [0, 0.05) is 12.7 Å². The molecule has 2 aromatic rings. The Kier molecular flexibility index (Phi) is 3.90. The zero-order chi connectivity index (χ0) is 14.0. The van der Waals surface area contributed by atoms with E-state index in [1.54, 1.807) is 17.6 Å². The molecule has 0 saturated carbocycles. The molecule has 3 N–H and O–H groups in total. The number of hydrogen-bond acceptors (Lipinski definition) is 4. The Labute approximate surface area is 116 Å². The second-order valence-electron chi connectivity index (χ2n) is 4.30. The molecule has 2 heterocycles. The average molecular weight is 282 g/mol. The summed E-state index contributed by atoms with van der Waals surface area (Å²) in [5.41, 5.74) is 7.00. The summed E-state index contributed by atoms with van der Waals surface area (Å²) in [4.78, 5) is 20.4. The Bertz CT molecular complexity index is 609. The van der Waals surface area contributed by atoms with Gasteiger partial charge in [-0.3, -0.25) is 9.36 Å². The van der Waals surface area contributed by atoms with Crippen molar-refractivity contribution in [3.05, 3.63) is 17.3 Å². The molecule has 0 radical (unpaired) electrons. The largest absolute Gasteiger partial charge is 0.369 e. The molecule has 0 spiro atoms. The number of carbonyl (C=O) groups excluding carboxylic acids is 1. The molecule has 0 aliphatic heterocycles. The number of fused-ring (bicyclic) bond motifs is 1. The van der Waals surface area contributed by atoms with Crippen molar-refractivity contribution in [1.82, 2.24) is 19.9 Å². The zero-order valence-electron chi connectivity index (χ0n) is 10.9. The lowest BCUT2D eigenvalue weighted by atomic mass is 10.3. The number of pyridine rings is 1. The second-order valence-corrected chi connectivity index (χ2v) is 4.74. The topological polar surface area (TPSA) is 85.8 Å². The van der Waals surface area contributed by atoms with E-state index in [2.05, 4.69) is 15.3 Å². The number of nitrogens with zero attached hydrogens (tertiary/aromatic N) is 3. The molecular weight excluding hydrogens is 266 g/mol. The molecule has 1 unspecified atom stereocenters. The first kappa shape index (κ1) is 13.6. The summed E-state index contributed by atoms with van der Waals surface area (Å²) in [6, 6.07) is 1.21. The quantitative estimate of drug-likeness (QED) is 0.894. The number of hydrogen-bond donors (Lipinski definition) is 2. The highest BCUT2D eigenvalue weighted by Crippen LogP contribution is 2.23. The van der Waals surface area contributed by atoms with Crippen LogP contribution in [0, 0.1) is 0 Å². The third-order valence-electron chi connectivity index (χ3n) is 2.84. The van der Waals surface area contributed by atoms with Gasteiger partial charge in [0.15, 0.2) is 5.65 Å². The maximum absolute atomic E-state index is 12.0. The fourth-order valence-electron chi connectivity index (χ4n) is 1.87. The van der Waals surface area contributed by atoms with Gasteiger partial charge in [-0.15, -0.1) is 0 Å². The molecule has 0 saturated heterocycles. The standard InChI is InChI=1S/C12H16ClN5O/c1-3-4-15-11(19)7(2)18-10-9(17-12(18)14)5-8(13)6-16-10/h5-7H,3-4H2,1-2H3,(H2,14,17)(H,15,19). The summed E-state index contributed by atoms with van der Waals surface area (Å²) in [5.74, 6) is 0.147. The number of anilines is 1. The predicted molar refractivity (Wildman–Crippen MR) is 75.0 cm³/mol. The van der Waals surface area contributed by atoms with E-state index in [1.807, 2.05) is 6.92 Å². The second kappa shape index (κ2) is 5.44. The lowest BCUT2D eigenvalue weighted by molar-refractivity contribution is -0.123. The first-order chi connectivity index (χ1) is 9.04. The highest BCUT2D eigenvalue weighted by Gasteiger charge is 2.20. The van der Waals surface area contributed by atoms with Crippen LogP contribution < -0.4 is 11.1 Å². The molecule has 2 rings (SSSR count). The van der Waals surface area contributed by atoms with Gasteiger partial charge in [0.2, 0.25) is 11.9 Å². The number of nitrogen functional groups attached to an aromatic ring is 1. The van der Waals surface area contributed by atoms with Gasteiger partial charge in [0.05, 0.1) is 5.02 Å². The van der Waals surface area contributed by atoms with Gasteiger partial charge in [-0.05, 0) is 19.4 Å². The molecule has 2 aromatic heterocycles. The number of nitrogens with two attached hydrogens (primary N) is 1. The van der Waals surface area contributed by atoms with E-state index >= 15 is 0 Å². The minimum atomic E-state index is -0.467. The van der Waals surface area contributed by atoms with Crippen LogP contribution in [0.25, 0.3) is 11.2 Å². The van der Waals surface area contributed by atoms with Crippen LogP contribution in [0.2, 0.25) is 5.02 Å². The summed E-state index contributed by atoms with van der Waals surface area (Å²) in [6.45, 7) is 4.39. The minimum Gasteiger partial charge on any atom is -0.369 e. The number of aromatic nitrogens is 3. The van der Waals surface area contributed by atoms with Crippen molar-refractivity contribution in [2.75, 3.05) is 12.3 Å². The van der Waals surface area contributed by atoms with E-state index in [1.165, 1.54) is 6.20 Å². The highest BCUT2D eigenvalue weighted by atomic mass is 35.5. The lowest BCUT2D eigenvalue weighted by Crippen LogP contribution is -2.32. The average Bonchev–Trinajstić information content (AvgIpc) is 2.70. The Morgan fingerprint density at radius 3 is 3.05 bits per heavy atom. The van der Waals surface area contributed by atoms with Crippen LogP contribution in [0.3, 0.4) is 0 Å². The summed E-state index contributed by atoms with van der Waals surface area (Å²) >= 11 is 5.86. The number of rotatable bonds is 4. The molecule has 1 amide bonds. The van der Waals surface area contributed by atoms with Gasteiger partial charge in [0.25, 0.3) is 0 Å². The van der Waals surface area contributed by atoms with Crippen LogP contribution in [0.4, 0.5) is 5.95 Å².